The number of anilines is 1. The molecule has 0 saturated carbocycles. The van der Waals surface area contributed by atoms with Gasteiger partial charge in [0.25, 0.3) is 5.91 Å². The maximum atomic E-state index is 13.4. The van der Waals surface area contributed by atoms with E-state index < -0.39 is 35.4 Å². The highest BCUT2D eigenvalue weighted by atomic mass is 35.5. The summed E-state index contributed by atoms with van der Waals surface area (Å²) in [5.74, 6) is -1.65. The number of hydrogen-bond acceptors (Lipinski definition) is 5. The molecule has 2 amide bonds. The van der Waals surface area contributed by atoms with E-state index in [4.69, 9.17) is 16.3 Å². The minimum absolute atomic E-state index is 0.0579. The molecule has 0 aliphatic carbocycles. The van der Waals surface area contributed by atoms with Gasteiger partial charge in [0.05, 0.1) is 16.6 Å². The summed E-state index contributed by atoms with van der Waals surface area (Å²) in [7, 11) is 0. The van der Waals surface area contributed by atoms with E-state index in [9.17, 15) is 27.2 Å². The number of aromatic nitrogens is 1. The molecule has 3 N–H and O–H groups in total. The van der Waals surface area contributed by atoms with E-state index in [1.54, 1.807) is 0 Å². The molecule has 12 heteroatoms. The molecule has 0 unspecified atom stereocenters. The number of halogens is 5. The summed E-state index contributed by atoms with van der Waals surface area (Å²) < 4.78 is 56.9. The number of pyridine rings is 1. The summed E-state index contributed by atoms with van der Waals surface area (Å²) in [4.78, 5) is 28.1. The predicted molar refractivity (Wildman–Crippen MR) is 108 cm³/mol. The highest BCUT2D eigenvalue weighted by Gasteiger charge is 2.31. The van der Waals surface area contributed by atoms with Crippen LogP contribution in [0.3, 0.4) is 0 Å². The zero-order valence-electron chi connectivity index (χ0n) is 16.5. The molecule has 1 aromatic heterocycles. The zero-order chi connectivity index (χ0) is 23.3. The third-order valence-electron chi connectivity index (χ3n) is 4.70. The second kappa shape index (κ2) is 10.1. The van der Waals surface area contributed by atoms with Gasteiger partial charge in [-0.1, -0.05) is 11.6 Å². The minimum atomic E-state index is -4.54. The van der Waals surface area contributed by atoms with Crippen molar-refractivity contribution in [3.05, 3.63) is 52.9 Å². The summed E-state index contributed by atoms with van der Waals surface area (Å²) in [5, 5.41) is 7.99. The second-order valence-corrected chi connectivity index (χ2v) is 7.49. The number of carbonyl (C=O) groups excluding carboxylic acids is 2. The molecule has 172 valence electrons. The topological polar surface area (TPSA) is 92.3 Å². The van der Waals surface area contributed by atoms with E-state index in [-0.39, 0.29) is 35.8 Å². The first-order valence-corrected chi connectivity index (χ1v) is 9.94. The molecule has 3 rings (SSSR count). The first-order valence-electron chi connectivity index (χ1n) is 9.56. The number of amides is 2. The monoisotopic (exact) mass is 474 g/mol. The Hall–Kier alpha value is -2.92. The van der Waals surface area contributed by atoms with Gasteiger partial charge in [-0.25, -0.2) is 9.37 Å². The summed E-state index contributed by atoms with van der Waals surface area (Å²) in [6, 6.07) is 4.47. The predicted octanol–water partition coefficient (Wildman–Crippen LogP) is 3.15. The highest BCUT2D eigenvalue weighted by molar-refractivity contribution is 6.30. The lowest BCUT2D eigenvalue weighted by molar-refractivity contribution is -0.137. The van der Waals surface area contributed by atoms with Crippen molar-refractivity contribution in [3.63, 3.8) is 0 Å². The van der Waals surface area contributed by atoms with Gasteiger partial charge < -0.3 is 20.7 Å². The van der Waals surface area contributed by atoms with Crippen LogP contribution in [0, 0.1) is 5.82 Å². The van der Waals surface area contributed by atoms with Crippen molar-refractivity contribution < 1.29 is 31.9 Å². The molecule has 1 fully saturated rings. The Kier molecular flexibility index (Phi) is 7.52. The van der Waals surface area contributed by atoms with E-state index in [0.717, 1.165) is 24.4 Å². The Labute approximate surface area is 185 Å². The van der Waals surface area contributed by atoms with Crippen molar-refractivity contribution in [3.8, 4) is 5.75 Å². The fourth-order valence-electron chi connectivity index (χ4n) is 3.08. The molecule has 1 aromatic carbocycles. The molecule has 1 aliphatic rings. The lowest BCUT2D eigenvalue weighted by Gasteiger charge is -2.29. The average Bonchev–Trinajstić information content (AvgIpc) is 2.74. The fraction of sp³-hybridized carbons (Fsp3) is 0.350. The van der Waals surface area contributed by atoms with Crippen molar-refractivity contribution >= 4 is 29.2 Å². The van der Waals surface area contributed by atoms with Gasteiger partial charge in [-0.3, -0.25) is 9.59 Å². The molecule has 0 spiro atoms. The SMILES string of the molecule is O=C(COc1ccc(Cl)c(F)c1)N[C@H]1CC[C@H](C(=O)Nc2cc(C(F)(F)F)ccn2)NC1. The Bertz CT molecular complexity index is 982. The first kappa shape index (κ1) is 23.7. The molecule has 1 aliphatic heterocycles. The van der Waals surface area contributed by atoms with E-state index in [1.165, 1.54) is 12.1 Å². The molecular formula is C20H19ClF4N4O3. The molecule has 0 bridgehead atoms. The van der Waals surface area contributed by atoms with Crippen LogP contribution >= 0.6 is 11.6 Å². The maximum Gasteiger partial charge on any atom is 0.416 e. The van der Waals surface area contributed by atoms with E-state index in [2.05, 4.69) is 20.9 Å². The van der Waals surface area contributed by atoms with Crippen LogP contribution in [0.15, 0.2) is 36.5 Å². The van der Waals surface area contributed by atoms with Gasteiger partial charge in [0.1, 0.15) is 17.4 Å². The number of piperidine rings is 1. The van der Waals surface area contributed by atoms with Crippen LogP contribution in [-0.4, -0.2) is 42.0 Å². The summed E-state index contributed by atoms with van der Waals surface area (Å²) in [5.41, 5.74) is -0.911. The molecule has 2 heterocycles. The average molecular weight is 475 g/mol. The molecule has 7 nitrogen and oxygen atoms in total. The Morgan fingerprint density at radius 2 is 2.00 bits per heavy atom. The standard InChI is InChI=1S/C20H19ClF4N4O3/c21-14-3-2-13(8-15(14)22)32-10-18(30)28-12-1-4-16(27-9-12)19(31)29-17-7-11(5-6-26-17)20(23,24)25/h2-3,5-8,12,16,27H,1,4,9-10H2,(H,28,30)(H,26,29,31)/t12-,16+/m0/s1. The lowest BCUT2D eigenvalue weighted by atomic mass is 10.00. The number of benzene rings is 1. The highest BCUT2D eigenvalue weighted by Crippen LogP contribution is 2.30. The van der Waals surface area contributed by atoms with Crippen LogP contribution in [0.2, 0.25) is 5.02 Å². The van der Waals surface area contributed by atoms with Gasteiger partial charge in [0.2, 0.25) is 5.91 Å². The van der Waals surface area contributed by atoms with Gasteiger partial charge >= 0.3 is 6.18 Å². The summed E-state index contributed by atoms with van der Waals surface area (Å²) in [6.07, 6.45) is -2.76. The largest absolute Gasteiger partial charge is 0.484 e. The third kappa shape index (κ3) is 6.54. The van der Waals surface area contributed by atoms with E-state index in [0.29, 0.717) is 12.8 Å². The van der Waals surface area contributed by atoms with Gasteiger partial charge in [0, 0.05) is 24.8 Å². The number of rotatable bonds is 6. The number of nitrogens with zero attached hydrogens (tertiary/aromatic N) is 1. The van der Waals surface area contributed by atoms with Crippen molar-refractivity contribution in [1.82, 2.24) is 15.6 Å². The Morgan fingerprint density at radius 1 is 1.22 bits per heavy atom. The molecule has 32 heavy (non-hydrogen) atoms. The summed E-state index contributed by atoms with van der Waals surface area (Å²) >= 11 is 5.58. The van der Waals surface area contributed by atoms with Crippen LogP contribution in [0.5, 0.6) is 5.75 Å². The van der Waals surface area contributed by atoms with Crippen molar-refractivity contribution in [1.29, 1.82) is 0 Å². The van der Waals surface area contributed by atoms with Crippen molar-refractivity contribution in [2.75, 3.05) is 18.5 Å². The van der Waals surface area contributed by atoms with Gasteiger partial charge in [-0.15, -0.1) is 0 Å². The normalized spacial score (nSPS) is 18.7. The molecular weight excluding hydrogens is 456 g/mol. The number of nitrogens with one attached hydrogen (secondary N) is 3. The number of carbonyl (C=O) groups is 2. The zero-order valence-corrected chi connectivity index (χ0v) is 17.3. The van der Waals surface area contributed by atoms with Gasteiger partial charge in [0.15, 0.2) is 6.61 Å². The molecule has 1 saturated heterocycles. The Morgan fingerprint density at radius 3 is 2.66 bits per heavy atom. The van der Waals surface area contributed by atoms with Crippen LogP contribution in [-0.2, 0) is 15.8 Å². The number of hydrogen-bond donors (Lipinski definition) is 3. The van der Waals surface area contributed by atoms with E-state index in [1.807, 2.05) is 0 Å². The third-order valence-corrected chi connectivity index (χ3v) is 5.00. The maximum absolute atomic E-state index is 13.4. The van der Waals surface area contributed by atoms with Crippen LogP contribution in [0.1, 0.15) is 18.4 Å². The second-order valence-electron chi connectivity index (χ2n) is 7.08. The Balaban J connectivity index is 1.43. The van der Waals surface area contributed by atoms with Crippen molar-refractivity contribution in [2.24, 2.45) is 0 Å². The molecule has 2 atom stereocenters. The fourth-order valence-corrected chi connectivity index (χ4v) is 3.19. The summed E-state index contributed by atoms with van der Waals surface area (Å²) in [6.45, 7) is -0.0574. The van der Waals surface area contributed by atoms with Gasteiger partial charge in [-0.05, 0) is 37.1 Å². The lowest BCUT2D eigenvalue weighted by Crippen LogP contribution is -2.53. The number of alkyl halides is 3. The first-order chi connectivity index (χ1) is 15.1. The van der Waals surface area contributed by atoms with Gasteiger partial charge in [-0.2, -0.15) is 13.2 Å². The molecule has 0 radical (unpaired) electrons. The quantitative estimate of drug-likeness (QED) is 0.559. The van der Waals surface area contributed by atoms with Crippen LogP contribution in [0.4, 0.5) is 23.4 Å². The smallest absolute Gasteiger partial charge is 0.416 e. The van der Waals surface area contributed by atoms with E-state index >= 15 is 0 Å². The van der Waals surface area contributed by atoms with Crippen LogP contribution < -0.4 is 20.7 Å². The van der Waals surface area contributed by atoms with Crippen molar-refractivity contribution in [2.45, 2.75) is 31.1 Å². The minimum Gasteiger partial charge on any atom is -0.484 e. The number of ether oxygens (including phenoxy) is 1. The molecule has 2 aromatic rings. The van der Waals surface area contributed by atoms with Crippen LogP contribution in [0.25, 0.3) is 0 Å².